The zero-order chi connectivity index (χ0) is 18.2. The van der Waals surface area contributed by atoms with Crippen LogP contribution >= 0.6 is 0 Å². The summed E-state index contributed by atoms with van der Waals surface area (Å²) in [6, 6.07) is 15.7. The Bertz CT molecular complexity index is 811. The summed E-state index contributed by atoms with van der Waals surface area (Å²) in [5, 5.41) is 11.6. The molecule has 128 valence electrons. The van der Waals surface area contributed by atoms with Crippen LogP contribution in [0.15, 0.2) is 48.5 Å². The summed E-state index contributed by atoms with van der Waals surface area (Å²) >= 11 is 0. The number of benzene rings is 2. The van der Waals surface area contributed by atoms with Gasteiger partial charge in [0.05, 0.1) is 24.8 Å². The molecule has 0 aliphatic rings. The lowest BCUT2D eigenvalue weighted by Gasteiger charge is -2.14. The monoisotopic (exact) mass is 338 g/mol. The van der Waals surface area contributed by atoms with Gasteiger partial charge in [-0.2, -0.15) is 5.26 Å². The molecular formula is C19H18N2O4. The predicted octanol–water partition coefficient (Wildman–Crippen LogP) is 2.68. The number of hydrogen-bond acceptors (Lipinski definition) is 5. The topological polar surface area (TPSA) is 88.4 Å². The van der Waals surface area contributed by atoms with Crippen molar-refractivity contribution in [1.82, 2.24) is 0 Å². The Morgan fingerprint density at radius 3 is 2.68 bits per heavy atom. The summed E-state index contributed by atoms with van der Waals surface area (Å²) in [6.07, 6.45) is -0.950. The number of carbonyl (C=O) groups excluding carboxylic acids is 2. The van der Waals surface area contributed by atoms with Crippen molar-refractivity contribution in [2.45, 2.75) is 19.4 Å². The molecular weight excluding hydrogens is 320 g/mol. The molecule has 1 amide bonds. The minimum atomic E-state index is -0.982. The van der Waals surface area contributed by atoms with Crippen molar-refractivity contribution in [1.29, 1.82) is 5.26 Å². The van der Waals surface area contributed by atoms with Gasteiger partial charge in [0.15, 0.2) is 6.10 Å². The van der Waals surface area contributed by atoms with Crippen molar-refractivity contribution >= 4 is 17.6 Å². The number of anilines is 1. The lowest BCUT2D eigenvalue weighted by atomic mass is 10.1. The van der Waals surface area contributed by atoms with Gasteiger partial charge >= 0.3 is 5.97 Å². The average Bonchev–Trinajstić information content (AvgIpc) is 2.62. The quantitative estimate of drug-likeness (QED) is 0.818. The minimum Gasteiger partial charge on any atom is -0.497 e. The van der Waals surface area contributed by atoms with E-state index < -0.39 is 18.0 Å². The second-order valence-corrected chi connectivity index (χ2v) is 5.31. The van der Waals surface area contributed by atoms with E-state index in [1.165, 1.54) is 6.92 Å². The smallest absolute Gasteiger partial charge is 0.311 e. The largest absolute Gasteiger partial charge is 0.497 e. The number of esters is 1. The molecule has 6 heteroatoms. The number of hydrogen-bond donors (Lipinski definition) is 1. The summed E-state index contributed by atoms with van der Waals surface area (Å²) in [5.41, 5.74) is 1.45. The van der Waals surface area contributed by atoms with Gasteiger partial charge in [-0.3, -0.25) is 9.59 Å². The maximum Gasteiger partial charge on any atom is 0.311 e. The van der Waals surface area contributed by atoms with E-state index in [1.54, 1.807) is 55.6 Å². The fraction of sp³-hybridized carbons (Fsp3) is 0.211. The maximum atomic E-state index is 12.2. The van der Waals surface area contributed by atoms with Crippen LogP contribution in [-0.2, 0) is 20.7 Å². The predicted molar refractivity (Wildman–Crippen MR) is 92.0 cm³/mol. The third-order valence-corrected chi connectivity index (χ3v) is 3.47. The first-order chi connectivity index (χ1) is 12.0. The van der Waals surface area contributed by atoms with E-state index in [2.05, 4.69) is 5.32 Å². The van der Waals surface area contributed by atoms with Gasteiger partial charge < -0.3 is 14.8 Å². The second kappa shape index (κ2) is 8.50. The fourth-order valence-electron chi connectivity index (χ4n) is 2.17. The number of para-hydroxylation sites is 1. The third-order valence-electron chi connectivity index (χ3n) is 3.47. The van der Waals surface area contributed by atoms with Crippen LogP contribution in [0, 0.1) is 11.3 Å². The van der Waals surface area contributed by atoms with Crippen molar-refractivity contribution < 1.29 is 19.1 Å². The van der Waals surface area contributed by atoms with Gasteiger partial charge in [-0.1, -0.05) is 24.3 Å². The number of amides is 1. The van der Waals surface area contributed by atoms with E-state index >= 15 is 0 Å². The highest BCUT2D eigenvalue weighted by molar-refractivity contribution is 5.96. The Kier molecular flexibility index (Phi) is 6.13. The van der Waals surface area contributed by atoms with Crippen molar-refractivity contribution in [3.05, 3.63) is 59.7 Å². The Labute approximate surface area is 146 Å². The molecule has 1 atom stereocenters. The molecule has 0 fully saturated rings. The molecule has 6 nitrogen and oxygen atoms in total. The number of rotatable bonds is 6. The van der Waals surface area contributed by atoms with Crippen LogP contribution < -0.4 is 10.1 Å². The Morgan fingerprint density at radius 2 is 1.96 bits per heavy atom. The molecule has 0 heterocycles. The van der Waals surface area contributed by atoms with Gasteiger partial charge in [0.1, 0.15) is 11.8 Å². The van der Waals surface area contributed by atoms with Gasteiger partial charge in [-0.05, 0) is 36.8 Å². The normalized spacial score (nSPS) is 11.1. The van der Waals surface area contributed by atoms with E-state index in [4.69, 9.17) is 14.7 Å². The SMILES string of the molecule is COc1cccc(CC(=O)O[C@@H](C)C(=O)Nc2ccccc2C#N)c1. The van der Waals surface area contributed by atoms with Gasteiger partial charge in [-0.15, -0.1) is 0 Å². The molecule has 0 aliphatic carbocycles. The summed E-state index contributed by atoms with van der Waals surface area (Å²) in [4.78, 5) is 24.2. The Balaban J connectivity index is 1.94. The van der Waals surface area contributed by atoms with Crippen LogP contribution in [0.3, 0.4) is 0 Å². The molecule has 1 N–H and O–H groups in total. The van der Waals surface area contributed by atoms with Crippen LogP contribution in [0.4, 0.5) is 5.69 Å². The van der Waals surface area contributed by atoms with E-state index in [0.717, 1.165) is 5.56 Å². The van der Waals surface area contributed by atoms with E-state index in [1.807, 2.05) is 6.07 Å². The molecule has 2 rings (SSSR count). The summed E-state index contributed by atoms with van der Waals surface area (Å²) in [6.45, 7) is 1.48. The van der Waals surface area contributed by atoms with Crippen molar-refractivity contribution in [3.63, 3.8) is 0 Å². The fourth-order valence-corrected chi connectivity index (χ4v) is 2.17. The van der Waals surface area contributed by atoms with Crippen LogP contribution in [0.5, 0.6) is 5.75 Å². The van der Waals surface area contributed by atoms with Gasteiger partial charge in [0.2, 0.25) is 0 Å². The number of nitrogens with zero attached hydrogens (tertiary/aromatic N) is 1. The van der Waals surface area contributed by atoms with Gasteiger partial charge in [-0.25, -0.2) is 0 Å². The standard InChI is InChI=1S/C19H18N2O4/c1-13(19(23)21-17-9-4-3-7-15(17)12-20)25-18(22)11-14-6-5-8-16(10-14)24-2/h3-10,13H,11H2,1-2H3,(H,21,23)/t13-/m0/s1. The molecule has 2 aromatic rings. The van der Waals surface area contributed by atoms with Crippen molar-refractivity contribution in [2.24, 2.45) is 0 Å². The molecule has 0 unspecified atom stereocenters. The first-order valence-electron chi connectivity index (χ1n) is 7.66. The molecule has 2 aromatic carbocycles. The summed E-state index contributed by atoms with van der Waals surface area (Å²) in [5.74, 6) is -0.379. The summed E-state index contributed by atoms with van der Waals surface area (Å²) in [7, 11) is 1.54. The van der Waals surface area contributed by atoms with Crippen LogP contribution in [0.25, 0.3) is 0 Å². The number of carbonyl (C=O) groups is 2. The highest BCUT2D eigenvalue weighted by atomic mass is 16.5. The zero-order valence-electron chi connectivity index (χ0n) is 14.0. The molecule has 0 aliphatic heterocycles. The zero-order valence-corrected chi connectivity index (χ0v) is 14.0. The van der Waals surface area contributed by atoms with Crippen molar-refractivity contribution in [3.8, 4) is 11.8 Å². The number of ether oxygens (including phenoxy) is 2. The Hall–Kier alpha value is -3.33. The van der Waals surface area contributed by atoms with E-state index in [-0.39, 0.29) is 6.42 Å². The number of nitriles is 1. The first kappa shape index (κ1) is 18.0. The lowest BCUT2D eigenvalue weighted by Crippen LogP contribution is -2.30. The molecule has 0 bridgehead atoms. The van der Waals surface area contributed by atoms with Crippen LogP contribution in [0.1, 0.15) is 18.1 Å². The van der Waals surface area contributed by atoms with Crippen LogP contribution in [-0.4, -0.2) is 25.1 Å². The molecule has 0 saturated carbocycles. The number of methoxy groups -OCH3 is 1. The van der Waals surface area contributed by atoms with E-state index in [9.17, 15) is 9.59 Å². The van der Waals surface area contributed by atoms with Gasteiger partial charge in [0.25, 0.3) is 5.91 Å². The van der Waals surface area contributed by atoms with E-state index in [0.29, 0.717) is 17.0 Å². The average molecular weight is 338 g/mol. The highest BCUT2D eigenvalue weighted by Crippen LogP contribution is 2.15. The number of nitrogens with one attached hydrogen (secondary N) is 1. The maximum absolute atomic E-state index is 12.2. The minimum absolute atomic E-state index is 0.0314. The Morgan fingerprint density at radius 1 is 1.20 bits per heavy atom. The summed E-state index contributed by atoms with van der Waals surface area (Å²) < 4.78 is 10.3. The molecule has 0 radical (unpaired) electrons. The highest BCUT2D eigenvalue weighted by Gasteiger charge is 2.19. The lowest BCUT2D eigenvalue weighted by molar-refractivity contribution is -0.152. The van der Waals surface area contributed by atoms with Gasteiger partial charge in [0, 0.05) is 0 Å². The van der Waals surface area contributed by atoms with Crippen molar-refractivity contribution in [2.75, 3.05) is 12.4 Å². The molecule has 0 aromatic heterocycles. The molecule has 0 saturated heterocycles. The second-order valence-electron chi connectivity index (χ2n) is 5.31. The molecule has 0 spiro atoms. The van der Waals surface area contributed by atoms with Crippen LogP contribution in [0.2, 0.25) is 0 Å². The molecule has 25 heavy (non-hydrogen) atoms. The first-order valence-corrected chi connectivity index (χ1v) is 7.66. The third kappa shape index (κ3) is 5.08.